The van der Waals surface area contributed by atoms with Crippen molar-refractivity contribution in [1.29, 1.82) is 0 Å². The molecule has 3 aromatic rings. The third-order valence-corrected chi connectivity index (χ3v) is 4.59. The summed E-state index contributed by atoms with van der Waals surface area (Å²) in [5, 5.41) is 6.55. The first-order chi connectivity index (χ1) is 14.6. The molecule has 0 saturated heterocycles. The zero-order chi connectivity index (χ0) is 22.6. The molecule has 2 aromatic carbocycles. The van der Waals surface area contributed by atoms with Gasteiger partial charge in [0.15, 0.2) is 0 Å². The molecule has 0 unspecified atom stereocenters. The molecule has 0 aliphatic rings. The number of aromatic nitrogens is 1. The van der Waals surface area contributed by atoms with E-state index in [2.05, 4.69) is 15.8 Å². The van der Waals surface area contributed by atoms with Crippen LogP contribution in [-0.2, 0) is 11.0 Å². The van der Waals surface area contributed by atoms with E-state index in [1.54, 1.807) is 12.1 Å². The van der Waals surface area contributed by atoms with Gasteiger partial charge in [-0.25, -0.2) is 9.82 Å². The van der Waals surface area contributed by atoms with Gasteiger partial charge in [-0.2, -0.15) is 18.3 Å². The summed E-state index contributed by atoms with van der Waals surface area (Å²) in [6.07, 6.45) is -2.98. The smallest absolute Gasteiger partial charge is 0.376 e. The van der Waals surface area contributed by atoms with E-state index in [9.17, 15) is 22.4 Å². The monoisotopic (exact) mass is 432 g/mol. The zero-order valence-corrected chi connectivity index (χ0v) is 16.8. The fourth-order valence-electron chi connectivity index (χ4n) is 3.11. The van der Waals surface area contributed by atoms with Crippen molar-refractivity contribution in [3.8, 4) is 5.69 Å². The Morgan fingerprint density at radius 2 is 1.81 bits per heavy atom. The molecule has 5 nitrogen and oxygen atoms in total. The van der Waals surface area contributed by atoms with Gasteiger partial charge in [0.25, 0.3) is 5.91 Å². The van der Waals surface area contributed by atoms with Crippen LogP contribution >= 0.6 is 0 Å². The lowest BCUT2D eigenvalue weighted by Crippen LogP contribution is -2.26. The summed E-state index contributed by atoms with van der Waals surface area (Å²) in [7, 11) is 0. The second-order valence-corrected chi connectivity index (χ2v) is 6.86. The number of benzene rings is 2. The summed E-state index contributed by atoms with van der Waals surface area (Å²) >= 11 is 0. The van der Waals surface area contributed by atoms with Crippen LogP contribution in [0.3, 0.4) is 0 Å². The average molecular weight is 432 g/mol. The molecule has 1 amide bonds. The molecule has 3 rings (SSSR count). The second kappa shape index (κ2) is 9.03. The lowest BCUT2D eigenvalue weighted by molar-refractivity contribution is -0.137. The number of amides is 1. The van der Waals surface area contributed by atoms with Crippen LogP contribution in [0.5, 0.6) is 0 Å². The standard InChI is InChI=1S/C22H20F4N4O/c1-14-10-16(15(2)30(14)20-8-6-18(23)7-9-20)12-28-29-21(31)13-27-19-5-3-4-17(11-19)22(24,25)26/h3-12,27H,13H2,1-2H3,(H,29,31)/b28-12-. The predicted molar refractivity (Wildman–Crippen MR) is 111 cm³/mol. The molecule has 0 aliphatic carbocycles. The topological polar surface area (TPSA) is 58.4 Å². The fraction of sp³-hybridized carbons (Fsp3) is 0.182. The molecule has 162 valence electrons. The minimum absolute atomic E-state index is 0.178. The van der Waals surface area contributed by atoms with Crippen LogP contribution in [0.4, 0.5) is 23.2 Å². The van der Waals surface area contributed by atoms with Crippen molar-refractivity contribution in [2.45, 2.75) is 20.0 Å². The van der Waals surface area contributed by atoms with Crippen molar-refractivity contribution in [3.63, 3.8) is 0 Å². The van der Waals surface area contributed by atoms with Gasteiger partial charge < -0.3 is 9.88 Å². The Labute approximate surface area is 176 Å². The van der Waals surface area contributed by atoms with Gasteiger partial charge in [-0.3, -0.25) is 4.79 Å². The van der Waals surface area contributed by atoms with Crippen LogP contribution < -0.4 is 10.7 Å². The van der Waals surface area contributed by atoms with Gasteiger partial charge in [0, 0.05) is 28.3 Å². The first-order valence-electron chi connectivity index (χ1n) is 9.33. The van der Waals surface area contributed by atoms with Gasteiger partial charge in [0.1, 0.15) is 5.82 Å². The molecule has 0 fully saturated rings. The second-order valence-electron chi connectivity index (χ2n) is 6.86. The maximum absolute atomic E-state index is 13.2. The Bertz CT molecular complexity index is 1100. The van der Waals surface area contributed by atoms with Gasteiger partial charge in [0.05, 0.1) is 18.3 Å². The fourth-order valence-corrected chi connectivity index (χ4v) is 3.11. The van der Waals surface area contributed by atoms with E-state index in [0.29, 0.717) is 0 Å². The molecular weight excluding hydrogens is 412 g/mol. The number of alkyl halides is 3. The molecule has 0 spiro atoms. The first kappa shape index (κ1) is 22.1. The Hall–Kier alpha value is -3.62. The first-order valence-corrected chi connectivity index (χ1v) is 9.33. The quantitative estimate of drug-likeness (QED) is 0.334. The molecule has 0 radical (unpaired) electrons. The highest BCUT2D eigenvalue weighted by Gasteiger charge is 2.30. The van der Waals surface area contributed by atoms with Crippen LogP contribution in [0.25, 0.3) is 5.69 Å². The Morgan fingerprint density at radius 3 is 2.48 bits per heavy atom. The number of rotatable bonds is 6. The number of hydrogen-bond acceptors (Lipinski definition) is 3. The number of halogens is 4. The van der Waals surface area contributed by atoms with Crippen LogP contribution in [0.1, 0.15) is 22.5 Å². The van der Waals surface area contributed by atoms with Gasteiger partial charge in [-0.1, -0.05) is 6.07 Å². The lowest BCUT2D eigenvalue weighted by atomic mass is 10.2. The van der Waals surface area contributed by atoms with Gasteiger partial charge >= 0.3 is 6.18 Å². The van der Waals surface area contributed by atoms with Crippen molar-refractivity contribution in [1.82, 2.24) is 9.99 Å². The van der Waals surface area contributed by atoms with E-state index in [1.165, 1.54) is 30.5 Å². The normalized spacial score (nSPS) is 11.7. The maximum Gasteiger partial charge on any atom is 0.416 e. The molecule has 31 heavy (non-hydrogen) atoms. The minimum Gasteiger partial charge on any atom is -0.376 e. The molecule has 1 aromatic heterocycles. The number of hydrazone groups is 1. The third-order valence-electron chi connectivity index (χ3n) is 4.59. The average Bonchev–Trinajstić information content (AvgIpc) is 3.00. The van der Waals surface area contributed by atoms with E-state index in [-0.39, 0.29) is 18.0 Å². The van der Waals surface area contributed by atoms with Crippen LogP contribution in [0.2, 0.25) is 0 Å². The third kappa shape index (κ3) is 5.50. The Balaban J connectivity index is 1.60. The van der Waals surface area contributed by atoms with E-state index >= 15 is 0 Å². The SMILES string of the molecule is Cc1cc(/C=N\NC(=O)CNc2cccc(C(F)(F)F)c2)c(C)n1-c1ccc(F)cc1. The van der Waals surface area contributed by atoms with E-state index < -0.39 is 17.6 Å². The molecule has 9 heteroatoms. The van der Waals surface area contributed by atoms with Crippen LogP contribution in [0.15, 0.2) is 59.7 Å². The van der Waals surface area contributed by atoms with Crippen molar-refractivity contribution in [2.24, 2.45) is 5.10 Å². The summed E-state index contributed by atoms with van der Waals surface area (Å²) in [5.41, 5.74) is 5.03. The van der Waals surface area contributed by atoms with Crippen molar-refractivity contribution >= 4 is 17.8 Å². The molecular formula is C22H20F4N4O. The van der Waals surface area contributed by atoms with Crippen molar-refractivity contribution in [2.75, 3.05) is 11.9 Å². The van der Waals surface area contributed by atoms with E-state index in [4.69, 9.17) is 0 Å². The summed E-state index contributed by atoms with van der Waals surface area (Å²) in [5.74, 6) is -0.838. The lowest BCUT2D eigenvalue weighted by Gasteiger charge is -2.10. The number of nitrogens with zero attached hydrogens (tertiary/aromatic N) is 2. The van der Waals surface area contributed by atoms with Crippen LogP contribution in [0, 0.1) is 19.7 Å². The van der Waals surface area contributed by atoms with Gasteiger partial charge in [-0.05, 0) is 62.4 Å². The summed E-state index contributed by atoms with van der Waals surface area (Å²) < 4.78 is 53.3. The van der Waals surface area contributed by atoms with E-state index in [0.717, 1.165) is 34.8 Å². The highest BCUT2D eigenvalue weighted by atomic mass is 19.4. The number of anilines is 1. The van der Waals surface area contributed by atoms with Gasteiger partial charge in [-0.15, -0.1) is 0 Å². The largest absolute Gasteiger partial charge is 0.416 e. The summed E-state index contributed by atoms with van der Waals surface area (Å²) in [6, 6.07) is 12.5. The zero-order valence-electron chi connectivity index (χ0n) is 16.8. The Kier molecular flexibility index (Phi) is 6.43. The molecule has 0 atom stereocenters. The highest BCUT2D eigenvalue weighted by Crippen LogP contribution is 2.30. The molecule has 2 N–H and O–H groups in total. The number of nitrogens with one attached hydrogen (secondary N) is 2. The number of hydrogen-bond donors (Lipinski definition) is 2. The summed E-state index contributed by atoms with van der Waals surface area (Å²) in [6.45, 7) is 3.52. The van der Waals surface area contributed by atoms with Gasteiger partial charge in [0.2, 0.25) is 0 Å². The number of carbonyl (C=O) groups is 1. The Morgan fingerprint density at radius 1 is 1.10 bits per heavy atom. The summed E-state index contributed by atoms with van der Waals surface area (Å²) in [4.78, 5) is 11.9. The highest BCUT2D eigenvalue weighted by molar-refractivity contribution is 5.85. The van der Waals surface area contributed by atoms with E-state index in [1.807, 2.05) is 24.5 Å². The molecule has 0 saturated carbocycles. The molecule has 0 bridgehead atoms. The molecule has 0 aliphatic heterocycles. The molecule has 1 heterocycles. The van der Waals surface area contributed by atoms with Crippen LogP contribution in [-0.4, -0.2) is 23.2 Å². The maximum atomic E-state index is 13.2. The van der Waals surface area contributed by atoms with Crippen molar-refractivity contribution < 1.29 is 22.4 Å². The minimum atomic E-state index is -4.45. The number of carbonyl (C=O) groups excluding carboxylic acids is 1. The predicted octanol–water partition coefficient (Wildman–Crippen LogP) is 4.81. The number of aryl methyl sites for hydroxylation is 1. The van der Waals surface area contributed by atoms with Crippen molar-refractivity contribution in [3.05, 3.63) is 82.9 Å².